The summed E-state index contributed by atoms with van der Waals surface area (Å²) in [7, 11) is 0. The van der Waals surface area contributed by atoms with Crippen LogP contribution in [0.5, 0.6) is 0 Å². The van der Waals surface area contributed by atoms with Gasteiger partial charge < -0.3 is 15.3 Å². The Morgan fingerprint density at radius 3 is 2.62 bits per heavy atom. The lowest BCUT2D eigenvalue weighted by Gasteiger charge is -2.16. The van der Waals surface area contributed by atoms with Crippen molar-refractivity contribution in [2.24, 2.45) is 5.92 Å². The van der Waals surface area contributed by atoms with Crippen molar-refractivity contribution in [2.75, 3.05) is 18.0 Å². The Morgan fingerprint density at radius 1 is 1.33 bits per heavy atom. The number of anilines is 1. The molecule has 1 atom stereocenters. The number of carbonyl (C=O) groups is 3. The fraction of sp³-hybridized carbons (Fsp3) is 0.357. The van der Waals surface area contributed by atoms with Crippen molar-refractivity contribution in [1.82, 2.24) is 5.32 Å². The van der Waals surface area contributed by atoms with Gasteiger partial charge in [-0.2, -0.15) is 0 Å². The van der Waals surface area contributed by atoms with Crippen molar-refractivity contribution in [1.29, 1.82) is 0 Å². The standard InChI is InChI=1S/C14H15ClN2O4/c15-10-1-3-11(4-2-10)17-8-9(7-12(17)18)14(21)16-6-5-13(19)20/h1-4,9H,5-8H2,(H,16,21)(H,19,20)/t9-/m1/s1. The number of carboxylic acid groups (broad SMARTS) is 1. The van der Waals surface area contributed by atoms with Crippen LogP contribution in [-0.2, 0) is 14.4 Å². The molecule has 21 heavy (non-hydrogen) atoms. The number of carbonyl (C=O) groups excluding carboxylic acids is 2. The van der Waals surface area contributed by atoms with E-state index in [2.05, 4.69) is 5.32 Å². The van der Waals surface area contributed by atoms with Gasteiger partial charge in [-0.05, 0) is 24.3 Å². The lowest BCUT2D eigenvalue weighted by atomic mass is 10.1. The molecule has 1 saturated heterocycles. The summed E-state index contributed by atoms with van der Waals surface area (Å²) >= 11 is 5.80. The van der Waals surface area contributed by atoms with E-state index in [4.69, 9.17) is 16.7 Å². The Balaban J connectivity index is 1.94. The SMILES string of the molecule is O=C(O)CCNC(=O)[C@@H]1CC(=O)N(c2ccc(Cl)cc2)C1. The zero-order chi connectivity index (χ0) is 15.4. The van der Waals surface area contributed by atoms with E-state index in [0.29, 0.717) is 17.3 Å². The van der Waals surface area contributed by atoms with Crippen LogP contribution >= 0.6 is 11.6 Å². The first-order valence-electron chi connectivity index (χ1n) is 6.53. The molecule has 1 heterocycles. The number of nitrogens with one attached hydrogen (secondary N) is 1. The largest absolute Gasteiger partial charge is 0.481 e. The van der Waals surface area contributed by atoms with Gasteiger partial charge in [0.2, 0.25) is 11.8 Å². The predicted octanol–water partition coefficient (Wildman–Crippen LogP) is 1.28. The third-order valence-electron chi connectivity index (χ3n) is 3.27. The number of benzene rings is 1. The number of hydrogen-bond donors (Lipinski definition) is 2. The first kappa shape index (κ1) is 15.3. The molecular weight excluding hydrogens is 296 g/mol. The van der Waals surface area contributed by atoms with E-state index in [-0.39, 0.29) is 31.2 Å². The second kappa shape index (κ2) is 6.58. The molecule has 112 valence electrons. The molecule has 2 rings (SSSR count). The van der Waals surface area contributed by atoms with E-state index in [1.54, 1.807) is 24.3 Å². The van der Waals surface area contributed by atoms with Crippen LogP contribution in [0, 0.1) is 5.92 Å². The van der Waals surface area contributed by atoms with E-state index in [1.807, 2.05) is 0 Å². The molecule has 0 aliphatic carbocycles. The smallest absolute Gasteiger partial charge is 0.305 e. The number of halogens is 1. The van der Waals surface area contributed by atoms with Gasteiger partial charge in [0.25, 0.3) is 0 Å². The maximum Gasteiger partial charge on any atom is 0.305 e. The molecule has 0 bridgehead atoms. The van der Waals surface area contributed by atoms with E-state index in [9.17, 15) is 14.4 Å². The highest BCUT2D eigenvalue weighted by atomic mass is 35.5. The number of aliphatic carboxylic acids is 1. The van der Waals surface area contributed by atoms with Crippen molar-refractivity contribution >= 4 is 35.1 Å². The molecule has 1 fully saturated rings. The molecule has 0 unspecified atom stereocenters. The van der Waals surface area contributed by atoms with Gasteiger partial charge >= 0.3 is 5.97 Å². The molecule has 2 amide bonds. The number of nitrogens with zero attached hydrogens (tertiary/aromatic N) is 1. The molecule has 6 nitrogen and oxygen atoms in total. The summed E-state index contributed by atoms with van der Waals surface area (Å²) in [6, 6.07) is 6.82. The summed E-state index contributed by atoms with van der Waals surface area (Å²) in [4.78, 5) is 35.8. The van der Waals surface area contributed by atoms with Crippen molar-refractivity contribution in [2.45, 2.75) is 12.8 Å². The van der Waals surface area contributed by atoms with E-state index < -0.39 is 11.9 Å². The Kier molecular flexibility index (Phi) is 4.80. The average Bonchev–Trinajstić information content (AvgIpc) is 2.81. The summed E-state index contributed by atoms with van der Waals surface area (Å²) < 4.78 is 0. The lowest BCUT2D eigenvalue weighted by Crippen LogP contribution is -2.34. The van der Waals surface area contributed by atoms with Gasteiger partial charge in [0, 0.05) is 30.2 Å². The first-order valence-corrected chi connectivity index (χ1v) is 6.90. The minimum atomic E-state index is -0.972. The van der Waals surface area contributed by atoms with E-state index in [0.717, 1.165) is 0 Å². The zero-order valence-corrected chi connectivity index (χ0v) is 12.0. The third kappa shape index (κ3) is 3.95. The molecule has 1 aromatic rings. The average molecular weight is 311 g/mol. The summed E-state index contributed by atoms with van der Waals surface area (Å²) in [5.74, 6) is -1.85. The van der Waals surface area contributed by atoms with E-state index >= 15 is 0 Å². The van der Waals surface area contributed by atoms with Crippen LogP contribution in [0.15, 0.2) is 24.3 Å². The van der Waals surface area contributed by atoms with Crippen LogP contribution in [0.25, 0.3) is 0 Å². The van der Waals surface area contributed by atoms with Crippen LogP contribution in [0.2, 0.25) is 5.02 Å². The number of hydrogen-bond acceptors (Lipinski definition) is 3. The molecule has 1 aliphatic heterocycles. The highest BCUT2D eigenvalue weighted by Gasteiger charge is 2.34. The quantitative estimate of drug-likeness (QED) is 0.858. The molecule has 7 heteroatoms. The molecule has 0 radical (unpaired) electrons. The fourth-order valence-electron chi connectivity index (χ4n) is 2.19. The van der Waals surface area contributed by atoms with Crippen molar-refractivity contribution in [3.63, 3.8) is 0 Å². The first-order chi connectivity index (χ1) is 9.97. The Hall–Kier alpha value is -2.08. The molecule has 1 aliphatic rings. The van der Waals surface area contributed by atoms with Gasteiger partial charge in [0.05, 0.1) is 12.3 Å². The minimum absolute atomic E-state index is 0.0692. The molecule has 2 N–H and O–H groups in total. The maximum atomic E-state index is 12.0. The lowest BCUT2D eigenvalue weighted by molar-refractivity contribution is -0.137. The van der Waals surface area contributed by atoms with Crippen molar-refractivity contribution in [3.05, 3.63) is 29.3 Å². The van der Waals surface area contributed by atoms with Gasteiger partial charge in [-0.3, -0.25) is 14.4 Å². The second-order valence-electron chi connectivity index (χ2n) is 4.82. The highest BCUT2D eigenvalue weighted by molar-refractivity contribution is 6.30. The highest BCUT2D eigenvalue weighted by Crippen LogP contribution is 2.26. The Bertz CT molecular complexity index is 559. The number of carboxylic acids is 1. The summed E-state index contributed by atoms with van der Waals surface area (Å²) in [6.07, 6.45) is -0.00512. The van der Waals surface area contributed by atoms with Gasteiger partial charge in [-0.15, -0.1) is 0 Å². The topological polar surface area (TPSA) is 86.7 Å². The maximum absolute atomic E-state index is 12.0. The Morgan fingerprint density at radius 2 is 2.00 bits per heavy atom. The zero-order valence-electron chi connectivity index (χ0n) is 11.2. The molecular formula is C14H15ClN2O4. The molecule has 0 saturated carbocycles. The Labute approximate surface area is 126 Å². The summed E-state index contributed by atoms with van der Waals surface area (Å²) in [6.45, 7) is 0.360. The number of amides is 2. The second-order valence-corrected chi connectivity index (χ2v) is 5.25. The van der Waals surface area contributed by atoms with Gasteiger partial charge in [-0.25, -0.2) is 0 Å². The molecule has 1 aromatic carbocycles. The van der Waals surface area contributed by atoms with Gasteiger partial charge in [0.15, 0.2) is 0 Å². The summed E-state index contributed by atoms with van der Waals surface area (Å²) in [5, 5.41) is 11.6. The molecule has 0 spiro atoms. The monoisotopic (exact) mass is 310 g/mol. The van der Waals surface area contributed by atoms with Crippen LogP contribution in [-0.4, -0.2) is 36.0 Å². The predicted molar refractivity (Wildman–Crippen MR) is 77.2 cm³/mol. The van der Waals surface area contributed by atoms with Gasteiger partial charge in [0.1, 0.15) is 0 Å². The van der Waals surface area contributed by atoms with Gasteiger partial charge in [-0.1, -0.05) is 11.6 Å². The van der Waals surface area contributed by atoms with E-state index in [1.165, 1.54) is 4.90 Å². The minimum Gasteiger partial charge on any atom is -0.481 e. The van der Waals surface area contributed by atoms with Crippen LogP contribution in [0.4, 0.5) is 5.69 Å². The van der Waals surface area contributed by atoms with Crippen LogP contribution in [0.3, 0.4) is 0 Å². The third-order valence-corrected chi connectivity index (χ3v) is 3.52. The van der Waals surface area contributed by atoms with Crippen LogP contribution in [0.1, 0.15) is 12.8 Å². The van der Waals surface area contributed by atoms with Crippen LogP contribution < -0.4 is 10.2 Å². The fourth-order valence-corrected chi connectivity index (χ4v) is 2.32. The van der Waals surface area contributed by atoms with Crippen molar-refractivity contribution in [3.8, 4) is 0 Å². The summed E-state index contributed by atoms with van der Waals surface area (Å²) in [5.41, 5.74) is 0.699. The van der Waals surface area contributed by atoms with Crippen molar-refractivity contribution < 1.29 is 19.5 Å². The molecule has 0 aromatic heterocycles. The number of rotatable bonds is 5. The normalized spacial score (nSPS) is 17.9.